The van der Waals surface area contributed by atoms with Crippen molar-refractivity contribution in [1.82, 2.24) is 24.5 Å². The fourth-order valence-electron chi connectivity index (χ4n) is 4.51. The Morgan fingerprint density at radius 2 is 2.03 bits per heavy atom. The van der Waals surface area contributed by atoms with E-state index in [9.17, 15) is 9.59 Å². The molecule has 0 N–H and O–H groups in total. The van der Waals surface area contributed by atoms with Crippen molar-refractivity contribution in [3.63, 3.8) is 0 Å². The van der Waals surface area contributed by atoms with Crippen LogP contribution in [0, 0.1) is 0 Å². The third-order valence-electron chi connectivity index (χ3n) is 6.02. The number of hydrogen-bond donors (Lipinski definition) is 0. The van der Waals surface area contributed by atoms with Crippen molar-refractivity contribution in [3.8, 4) is 0 Å². The quantitative estimate of drug-likeness (QED) is 0.622. The Morgan fingerprint density at radius 1 is 1.24 bits per heavy atom. The molecule has 8 heteroatoms. The highest BCUT2D eigenvalue weighted by Crippen LogP contribution is 2.19. The van der Waals surface area contributed by atoms with E-state index in [1.165, 1.54) is 25.9 Å². The number of carbonyl (C=O) groups is 2. The number of aryl methyl sites for hydroxylation is 1. The largest absolute Gasteiger partial charge is 0.375 e. The lowest BCUT2D eigenvalue weighted by Gasteiger charge is -2.39. The van der Waals surface area contributed by atoms with Gasteiger partial charge in [-0.15, -0.1) is 0 Å². The molecule has 0 radical (unpaired) electrons. The summed E-state index contributed by atoms with van der Waals surface area (Å²) in [6.07, 6.45) is 7.02. The predicted octanol–water partition coefficient (Wildman–Crippen LogP) is 1.47. The third-order valence-corrected chi connectivity index (χ3v) is 6.02. The van der Waals surface area contributed by atoms with Crippen LogP contribution < -0.4 is 0 Å². The van der Waals surface area contributed by atoms with Gasteiger partial charge in [0.15, 0.2) is 0 Å². The highest BCUT2D eigenvalue weighted by molar-refractivity contribution is 5.92. The number of carbonyl (C=O) groups excluding carboxylic acids is 2. The Balaban J connectivity index is 1.62. The second-order valence-electron chi connectivity index (χ2n) is 8.00. The molecule has 0 bridgehead atoms. The second-order valence-corrected chi connectivity index (χ2v) is 8.00. The number of likely N-dealkylation sites (tertiary alicyclic amines) is 2. The van der Waals surface area contributed by atoms with Gasteiger partial charge in [-0.1, -0.05) is 0 Å². The maximum absolute atomic E-state index is 13.0. The first-order valence-corrected chi connectivity index (χ1v) is 11.0. The monoisotopic (exact) mass is 405 g/mol. The molecule has 1 aromatic rings. The molecule has 2 amide bonds. The van der Waals surface area contributed by atoms with Crippen molar-refractivity contribution >= 4 is 11.8 Å². The number of ether oxygens (including phenoxy) is 1. The van der Waals surface area contributed by atoms with Gasteiger partial charge >= 0.3 is 0 Å². The summed E-state index contributed by atoms with van der Waals surface area (Å²) in [5.74, 6) is 0.0251. The minimum absolute atomic E-state index is 0.00487. The van der Waals surface area contributed by atoms with Gasteiger partial charge in [-0.2, -0.15) is 5.10 Å². The van der Waals surface area contributed by atoms with Crippen molar-refractivity contribution < 1.29 is 14.3 Å². The molecule has 1 unspecified atom stereocenters. The molecule has 1 aromatic heterocycles. The average molecular weight is 406 g/mol. The Hall–Kier alpha value is -1.93. The van der Waals surface area contributed by atoms with E-state index >= 15 is 0 Å². The molecule has 3 rings (SSSR count). The lowest BCUT2D eigenvalue weighted by molar-refractivity contribution is -0.138. The minimum atomic E-state index is 0.00487. The van der Waals surface area contributed by atoms with Crippen molar-refractivity contribution in [2.24, 2.45) is 0 Å². The predicted molar refractivity (Wildman–Crippen MR) is 111 cm³/mol. The summed E-state index contributed by atoms with van der Waals surface area (Å²) < 4.78 is 6.86. The summed E-state index contributed by atoms with van der Waals surface area (Å²) >= 11 is 0. The highest BCUT2D eigenvalue weighted by atomic mass is 16.5. The van der Waals surface area contributed by atoms with Gasteiger partial charge in [0, 0.05) is 45.5 Å². The molecular formula is C21H35N5O3. The molecule has 29 heavy (non-hydrogen) atoms. The summed E-state index contributed by atoms with van der Waals surface area (Å²) in [6, 6.07) is 1.83. The first-order chi connectivity index (χ1) is 14.1. The molecule has 1 atom stereocenters. The average Bonchev–Trinajstić information content (AvgIpc) is 3.42. The van der Waals surface area contributed by atoms with Gasteiger partial charge in [-0.05, 0) is 64.7 Å². The van der Waals surface area contributed by atoms with E-state index in [-0.39, 0.29) is 24.5 Å². The van der Waals surface area contributed by atoms with Crippen molar-refractivity contribution in [1.29, 1.82) is 0 Å². The van der Waals surface area contributed by atoms with Crippen molar-refractivity contribution in [2.75, 3.05) is 53.0 Å². The molecule has 162 valence electrons. The van der Waals surface area contributed by atoms with Crippen LogP contribution in [0.25, 0.3) is 0 Å². The standard InChI is InChI=1S/C21H35N5O3/c1-3-26-19(9-10-22-26)21(28)24-14-6-8-18(16-24)25(20(27)17-29-2)15-7-13-23-11-4-5-12-23/h9-10,18H,3-8,11-17H2,1-2H3. The minimum Gasteiger partial charge on any atom is -0.375 e. The van der Waals surface area contributed by atoms with Crippen molar-refractivity contribution in [3.05, 3.63) is 18.0 Å². The summed E-state index contributed by atoms with van der Waals surface area (Å²) in [6.45, 7) is 8.13. The van der Waals surface area contributed by atoms with E-state index in [2.05, 4.69) is 10.00 Å². The van der Waals surface area contributed by atoms with E-state index in [1.807, 2.05) is 16.7 Å². The van der Waals surface area contributed by atoms with Crippen LogP contribution in [0.4, 0.5) is 0 Å². The van der Waals surface area contributed by atoms with Crippen LogP contribution in [-0.4, -0.2) is 95.3 Å². The van der Waals surface area contributed by atoms with Crippen LogP contribution in [0.1, 0.15) is 49.5 Å². The Bertz CT molecular complexity index is 671. The zero-order valence-electron chi connectivity index (χ0n) is 17.9. The maximum atomic E-state index is 13.0. The fourth-order valence-corrected chi connectivity index (χ4v) is 4.51. The highest BCUT2D eigenvalue weighted by Gasteiger charge is 2.31. The number of piperidine rings is 1. The van der Waals surface area contributed by atoms with Crippen LogP contribution in [0.2, 0.25) is 0 Å². The number of nitrogens with zero attached hydrogens (tertiary/aromatic N) is 5. The van der Waals surface area contributed by atoms with Gasteiger partial charge in [-0.25, -0.2) is 0 Å². The Morgan fingerprint density at radius 3 is 2.76 bits per heavy atom. The SMILES string of the molecule is CCn1nccc1C(=O)N1CCCC(N(CCCN2CCCC2)C(=O)COC)C1. The van der Waals surface area contributed by atoms with Gasteiger partial charge in [0.2, 0.25) is 5.91 Å². The van der Waals surface area contributed by atoms with E-state index in [4.69, 9.17) is 4.74 Å². The van der Waals surface area contributed by atoms with E-state index in [1.54, 1.807) is 24.1 Å². The number of hydrogen-bond acceptors (Lipinski definition) is 5. The van der Waals surface area contributed by atoms with Crippen LogP contribution in [0.3, 0.4) is 0 Å². The van der Waals surface area contributed by atoms with Gasteiger partial charge < -0.3 is 19.4 Å². The number of rotatable bonds is 9. The first-order valence-electron chi connectivity index (χ1n) is 11.0. The molecule has 2 aliphatic heterocycles. The summed E-state index contributed by atoms with van der Waals surface area (Å²) in [5, 5.41) is 4.22. The molecule has 0 spiro atoms. The van der Waals surface area contributed by atoms with Crippen LogP contribution in [0.15, 0.2) is 12.3 Å². The zero-order valence-corrected chi connectivity index (χ0v) is 17.9. The molecule has 2 aliphatic rings. The zero-order chi connectivity index (χ0) is 20.6. The summed E-state index contributed by atoms with van der Waals surface area (Å²) in [5.41, 5.74) is 0.622. The molecule has 0 saturated carbocycles. The maximum Gasteiger partial charge on any atom is 0.272 e. The molecule has 0 aromatic carbocycles. The first kappa shape index (κ1) is 21.8. The number of methoxy groups -OCH3 is 1. The summed E-state index contributed by atoms with van der Waals surface area (Å²) in [7, 11) is 1.56. The molecule has 2 saturated heterocycles. The Kier molecular flexibility index (Phi) is 8.06. The van der Waals surface area contributed by atoms with Crippen molar-refractivity contribution in [2.45, 2.75) is 51.6 Å². The third kappa shape index (κ3) is 5.57. The molecule has 8 nitrogen and oxygen atoms in total. The molecule has 3 heterocycles. The second kappa shape index (κ2) is 10.7. The number of amides is 2. The van der Waals surface area contributed by atoms with E-state index < -0.39 is 0 Å². The van der Waals surface area contributed by atoms with Crippen LogP contribution in [0.5, 0.6) is 0 Å². The van der Waals surface area contributed by atoms with Crippen LogP contribution in [-0.2, 0) is 16.1 Å². The fraction of sp³-hybridized carbons (Fsp3) is 0.762. The lowest BCUT2D eigenvalue weighted by Crippen LogP contribution is -2.53. The van der Waals surface area contributed by atoms with Gasteiger partial charge in [0.25, 0.3) is 5.91 Å². The Labute approximate surface area is 173 Å². The molecule has 2 fully saturated rings. The molecule has 0 aliphatic carbocycles. The normalized spacial score (nSPS) is 20.2. The van der Waals surface area contributed by atoms with Gasteiger partial charge in [0.1, 0.15) is 12.3 Å². The lowest BCUT2D eigenvalue weighted by atomic mass is 10.0. The molecular weight excluding hydrogens is 370 g/mol. The van der Waals surface area contributed by atoms with E-state index in [0.29, 0.717) is 18.8 Å². The van der Waals surface area contributed by atoms with E-state index in [0.717, 1.165) is 38.9 Å². The number of aromatic nitrogens is 2. The topological polar surface area (TPSA) is 70.9 Å². The smallest absolute Gasteiger partial charge is 0.272 e. The van der Waals surface area contributed by atoms with Gasteiger partial charge in [0.05, 0.1) is 0 Å². The van der Waals surface area contributed by atoms with Crippen LogP contribution >= 0.6 is 0 Å². The van der Waals surface area contributed by atoms with Gasteiger partial charge in [-0.3, -0.25) is 14.3 Å². The summed E-state index contributed by atoms with van der Waals surface area (Å²) in [4.78, 5) is 32.1.